The average molecular weight is 793 g/mol. The van der Waals surface area contributed by atoms with Crippen LogP contribution in [0.3, 0.4) is 0 Å². The summed E-state index contributed by atoms with van der Waals surface area (Å²) in [6.07, 6.45) is 5.78. The zero-order valence-corrected chi connectivity index (χ0v) is 38.3. The Bertz CT molecular complexity index is 2340. The Morgan fingerprint density at radius 1 is 0.317 bits per heavy atom. The van der Waals surface area contributed by atoms with Crippen LogP contribution >= 0.6 is 0 Å². The monoisotopic (exact) mass is 792 g/mol. The normalized spacial score (nSPS) is 12.2. The lowest BCUT2D eigenvalue weighted by Gasteiger charge is -2.22. The maximum atomic E-state index is 4.99. The molecule has 306 valence electrons. The summed E-state index contributed by atoms with van der Waals surface area (Å²) in [4.78, 5) is 29.8. The third-order valence-corrected chi connectivity index (χ3v) is 11.7. The van der Waals surface area contributed by atoms with Crippen LogP contribution in [0, 0.1) is 41.5 Å². The molecule has 4 aromatic heterocycles. The second-order valence-electron chi connectivity index (χ2n) is 19.8. The van der Waals surface area contributed by atoms with E-state index in [0.717, 1.165) is 16.7 Å². The van der Waals surface area contributed by atoms with E-state index in [0.29, 0.717) is 34.6 Å². The zero-order chi connectivity index (χ0) is 43.5. The highest BCUT2D eigenvalue weighted by atomic mass is 15.1. The maximum Gasteiger partial charge on any atom is 0.182 e. The number of nitrogens with zero attached hydrogens (tertiary/aromatic N) is 6. The van der Waals surface area contributed by atoms with Crippen molar-refractivity contribution in [2.75, 3.05) is 0 Å². The van der Waals surface area contributed by atoms with Gasteiger partial charge in [-0.1, -0.05) is 117 Å². The molecule has 0 radical (unpaired) electrons. The van der Waals surface area contributed by atoms with Crippen molar-refractivity contribution in [2.45, 2.75) is 120 Å². The van der Waals surface area contributed by atoms with Gasteiger partial charge in [0.2, 0.25) is 0 Å². The molecule has 0 bridgehead atoms. The Kier molecular flexibility index (Phi) is 11.0. The van der Waals surface area contributed by atoms with Gasteiger partial charge in [0.1, 0.15) is 17.1 Å². The van der Waals surface area contributed by atoms with E-state index in [1.165, 1.54) is 66.8 Å². The fourth-order valence-corrected chi connectivity index (χ4v) is 8.30. The van der Waals surface area contributed by atoms with Crippen LogP contribution < -0.4 is 0 Å². The molecule has 6 nitrogen and oxygen atoms in total. The fraction of sp³-hybridized carbons (Fsp3) is 0.333. The lowest BCUT2D eigenvalue weighted by atomic mass is 9.83. The molecule has 0 aliphatic carbocycles. The summed E-state index contributed by atoms with van der Waals surface area (Å²) in [7, 11) is 0. The molecule has 0 atom stereocenters. The molecule has 7 aromatic rings. The second-order valence-corrected chi connectivity index (χ2v) is 19.8. The first-order valence-corrected chi connectivity index (χ1v) is 21.1. The maximum absolute atomic E-state index is 4.99. The average Bonchev–Trinajstić information content (AvgIpc) is 3.16. The quantitative estimate of drug-likeness (QED) is 0.167. The molecule has 0 spiro atoms. The number of hydrogen-bond donors (Lipinski definition) is 0. The van der Waals surface area contributed by atoms with E-state index < -0.39 is 0 Å². The Morgan fingerprint density at radius 3 is 0.700 bits per heavy atom. The first-order chi connectivity index (χ1) is 28.1. The first-order valence-electron chi connectivity index (χ1n) is 21.1. The Hall–Kier alpha value is -5.88. The van der Waals surface area contributed by atoms with Crippen LogP contribution in [-0.2, 0) is 16.2 Å². The third-order valence-electron chi connectivity index (χ3n) is 11.7. The highest BCUT2D eigenvalue weighted by Crippen LogP contribution is 2.37. The number of rotatable bonds is 6. The second kappa shape index (κ2) is 15.6. The van der Waals surface area contributed by atoms with Crippen LogP contribution in [0.5, 0.6) is 0 Å². The molecule has 60 heavy (non-hydrogen) atoms. The van der Waals surface area contributed by atoms with Crippen molar-refractivity contribution in [3.05, 3.63) is 141 Å². The smallest absolute Gasteiger partial charge is 0.182 e. The Morgan fingerprint density at radius 2 is 0.533 bits per heavy atom. The predicted octanol–water partition coefficient (Wildman–Crippen LogP) is 13.8. The number of pyridine rings is 3. The summed E-state index contributed by atoms with van der Waals surface area (Å²) in [6, 6.07) is 26.1. The lowest BCUT2D eigenvalue weighted by Crippen LogP contribution is -2.12. The van der Waals surface area contributed by atoms with E-state index in [-0.39, 0.29) is 16.2 Å². The molecule has 3 aromatic carbocycles. The molecule has 0 amide bonds. The van der Waals surface area contributed by atoms with Gasteiger partial charge in [-0.3, -0.25) is 15.0 Å². The van der Waals surface area contributed by atoms with Gasteiger partial charge >= 0.3 is 0 Å². The summed E-state index contributed by atoms with van der Waals surface area (Å²) in [6.45, 7) is 33.4. The van der Waals surface area contributed by atoms with Crippen LogP contribution in [0.25, 0.3) is 67.9 Å². The summed E-state index contributed by atoms with van der Waals surface area (Å²) in [5.74, 6) is 1.39. The first kappa shape index (κ1) is 42.3. The number of aromatic nitrogens is 6. The molecule has 0 saturated carbocycles. The van der Waals surface area contributed by atoms with Crippen molar-refractivity contribution in [3.63, 3.8) is 0 Å². The third kappa shape index (κ3) is 8.56. The minimum Gasteiger partial charge on any atom is -0.252 e. The van der Waals surface area contributed by atoms with E-state index in [1.807, 2.05) is 36.8 Å². The van der Waals surface area contributed by atoms with Gasteiger partial charge in [0.25, 0.3) is 0 Å². The van der Waals surface area contributed by atoms with Crippen molar-refractivity contribution in [3.8, 4) is 67.9 Å². The van der Waals surface area contributed by atoms with Crippen molar-refractivity contribution in [1.82, 2.24) is 29.9 Å². The van der Waals surface area contributed by atoms with Crippen LogP contribution in [0.4, 0.5) is 0 Å². The van der Waals surface area contributed by atoms with E-state index in [1.54, 1.807) is 0 Å². The molecular weight excluding hydrogens is 733 g/mol. The SMILES string of the molecule is Cc1cc(C(C)(C)C)cc(C)c1-c1ccc(-c2nc(-c3ccc(-c4c(C)cc(C(C)(C)C)cc4C)cn3)nc(-c3ccc(-c4c(C)cc(C(C)(C)C)cc4C)cn3)n2)nc1. The molecule has 0 N–H and O–H groups in total. The van der Waals surface area contributed by atoms with Crippen LogP contribution in [0.2, 0.25) is 0 Å². The van der Waals surface area contributed by atoms with Gasteiger partial charge in [0.15, 0.2) is 17.5 Å². The molecular formula is C54H60N6. The van der Waals surface area contributed by atoms with Crippen LogP contribution in [0.1, 0.15) is 112 Å². The fourth-order valence-electron chi connectivity index (χ4n) is 8.30. The van der Waals surface area contributed by atoms with Gasteiger partial charge < -0.3 is 0 Å². The minimum absolute atomic E-state index is 0.0692. The van der Waals surface area contributed by atoms with E-state index in [9.17, 15) is 0 Å². The largest absolute Gasteiger partial charge is 0.252 e. The molecule has 6 heteroatoms. The summed E-state index contributed by atoms with van der Waals surface area (Å²) < 4.78 is 0. The van der Waals surface area contributed by atoms with Crippen LogP contribution in [-0.4, -0.2) is 29.9 Å². The topological polar surface area (TPSA) is 77.3 Å². The Labute approximate surface area is 358 Å². The molecule has 7 rings (SSSR count). The van der Waals surface area contributed by atoms with Gasteiger partial charge in [0, 0.05) is 35.3 Å². The van der Waals surface area contributed by atoms with E-state index >= 15 is 0 Å². The summed E-state index contributed by atoms with van der Waals surface area (Å²) in [5, 5.41) is 0. The lowest BCUT2D eigenvalue weighted by molar-refractivity contribution is 0.589. The van der Waals surface area contributed by atoms with Gasteiger partial charge in [-0.15, -0.1) is 0 Å². The van der Waals surface area contributed by atoms with Crippen LogP contribution in [0.15, 0.2) is 91.4 Å². The standard InChI is InChI=1S/C54H60N6/c1-31-22-40(52(7,8)9)23-32(2)46(31)37-16-19-43(55-28-37)49-58-50(44-20-17-38(29-56-44)47-33(3)24-41(25-34(47)4)53(10,11)12)60-51(59-49)45-21-18-39(30-57-45)48-35(5)26-42(27-36(48)6)54(13,14)15/h16-30H,1-15H3. The zero-order valence-electron chi connectivity index (χ0n) is 38.3. The molecule has 0 fully saturated rings. The summed E-state index contributed by atoms with van der Waals surface area (Å²) >= 11 is 0. The summed E-state index contributed by atoms with van der Waals surface area (Å²) in [5.41, 5.74) is 20.3. The minimum atomic E-state index is 0.0692. The van der Waals surface area contributed by atoms with Crippen molar-refractivity contribution in [2.24, 2.45) is 0 Å². The molecule has 4 heterocycles. The molecule has 0 aliphatic heterocycles. The van der Waals surface area contributed by atoms with Crippen molar-refractivity contribution in [1.29, 1.82) is 0 Å². The van der Waals surface area contributed by atoms with Gasteiger partial charge in [-0.05, 0) is 143 Å². The predicted molar refractivity (Wildman–Crippen MR) is 250 cm³/mol. The Balaban J connectivity index is 1.30. The van der Waals surface area contributed by atoms with Gasteiger partial charge in [0.05, 0.1) is 0 Å². The van der Waals surface area contributed by atoms with Crippen molar-refractivity contribution < 1.29 is 0 Å². The molecule has 0 aliphatic rings. The van der Waals surface area contributed by atoms with Crippen molar-refractivity contribution >= 4 is 0 Å². The number of aryl methyl sites for hydroxylation is 6. The van der Waals surface area contributed by atoms with E-state index in [4.69, 9.17) is 29.9 Å². The van der Waals surface area contributed by atoms with E-state index in [2.05, 4.69) is 158 Å². The highest BCUT2D eigenvalue weighted by molar-refractivity contribution is 5.75. The highest BCUT2D eigenvalue weighted by Gasteiger charge is 2.22. The number of hydrogen-bond acceptors (Lipinski definition) is 6. The van der Waals surface area contributed by atoms with Gasteiger partial charge in [-0.25, -0.2) is 15.0 Å². The molecule has 0 saturated heterocycles. The number of benzene rings is 3. The molecule has 0 unspecified atom stereocenters. The van der Waals surface area contributed by atoms with Gasteiger partial charge in [-0.2, -0.15) is 0 Å².